The molecule has 0 aliphatic carbocycles. The Labute approximate surface area is 141 Å². The summed E-state index contributed by atoms with van der Waals surface area (Å²) in [5, 5.41) is 4.53. The Balaban J connectivity index is 1.79. The van der Waals surface area contributed by atoms with Crippen molar-refractivity contribution >= 4 is 11.6 Å². The smallest absolute Gasteiger partial charge is 0.196 e. The molecule has 4 nitrogen and oxygen atoms in total. The van der Waals surface area contributed by atoms with Crippen LogP contribution in [-0.4, -0.2) is 14.8 Å². The van der Waals surface area contributed by atoms with Crippen molar-refractivity contribution in [1.82, 2.24) is 14.8 Å². The van der Waals surface area contributed by atoms with Crippen molar-refractivity contribution in [1.29, 1.82) is 0 Å². The van der Waals surface area contributed by atoms with Gasteiger partial charge in [-0.15, -0.1) is 0 Å². The molecule has 1 radical (unpaired) electrons. The van der Waals surface area contributed by atoms with Gasteiger partial charge in [0.05, 0.1) is 6.54 Å². The Kier molecular flexibility index (Phi) is 3.58. The lowest BCUT2D eigenvalue weighted by Gasteiger charge is -2.15. The number of aromatic nitrogens is 3. The van der Waals surface area contributed by atoms with Crippen molar-refractivity contribution in [2.75, 3.05) is 0 Å². The lowest BCUT2D eigenvalue weighted by Crippen LogP contribution is -2.21. The quantitative estimate of drug-likeness (QED) is 0.677. The van der Waals surface area contributed by atoms with Gasteiger partial charge in [0, 0.05) is 22.2 Å². The average molecular weight is 347 g/mol. The van der Waals surface area contributed by atoms with Crippen LogP contribution in [0.1, 0.15) is 17.2 Å². The predicted molar refractivity (Wildman–Crippen MR) is 82.2 cm³/mol. The van der Waals surface area contributed by atoms with Gasteiger partial charge in [0.15, 0.2) is 6.33 Å². The molecular formula is C17H11ClF2N3O. The summed E-state index contributed by atoms with van der Waals surface area (Å²) in [7, 11) is 0. The second-order valence-electron chi connectivity index (χ2n) is 5.55. The highest BCUT2D eigenvalue weighted by Crippen LogP contribution is 2.59. The van der Waals surface area contributed by atoms with E-state index in [2.05, 4.69) is 16.4 Å². The topological polar surface area (TPSA) is 43.2 Å². The third kappa shape index (κ3) is 2.48. The van der Waals surface area contributed by atoms with Crippen molar-refractivity contribution < 1.29 is 13.5 Å². The summed E-state index contributed by atoms with van der Waals surface area (Å²) in [6.07, 6.45) is 3.53. The lowest BCUT2D eigenvalue weighted by molar-refractivity contribution is 0.256. The molecule has 1 fully saturated rings. The SMILES string of the molecule is Fc1ccc([C@@]2(Cn3[c]ncn3)O[C@H]2c2ccccc2Cl)c(F)c1. The second-order valence-corrected chi connectivity index (χ2v) is 5.96. The Hall–Kier alpha value is -2.31. The number of epoxide rings is 1. The van der Waals surface area contributed by atoms with Crippen LogP contribution in [0.5, 0.6) is 0 Å². The molecule has 1 aromatic heterocycles. The van der Waals surface area contributed by atoms with Crippen LogP contribution in [0.2, 0.25) is 5.02 Å². The zero-order valence-corrected chi connectivity index (χ0v) is 13.0. The molecule has 0 unspecified atom stereocenters. The molecule has 2 aromatic carbocycles. The van der Waals surface area contributed by atoms with Crippen LogP contribution in [-0.2, 0) is 16.9 Å². The van der Waals surface area contributed by atoms with E-state index in [1.54, 1.807) is 12.1 Å². The first kappa shape index (κ1) is 15.2. The first-order valence-corrected chi connectivity index (χ1v) is 7.61. The summed E-state index contributed by atoms with van der Waals surface area (Å²) in [5.74, 6) is -1.32. The number of halogens is 3. The molecule has 0 amide bonds. The van der Waals surface area contributed by atoms with Crippen molar-refractivity contribution in [2.24, 2.45) is 0 Å². The molecule has 0 saturated carbocycles. The van der Waals surface area contributed by atoms with E-state index in [1.165, 1.54) is 23.1 Å². The minimum Gasteiger partial charge on any atom is -0.354 e. The van der Waals surface area contributed by atoms with E-state index in [-0.39, 0.29) is 12.1 Å². The van der Waals surface area contributed by atoms with Crippen LogP contribution in [0.3, 0.4) is 0 Å². The van der Waals surface area contributed by atoms with Gasteiger partial charge >= 0.3 is 0 Å². The summed E-state index contributed by atoms with van der Waals surface area (Å²) < 4.78 is 35.0. The molecule has 3 aromatic rings. The van der Waals surface area contributed by atoms with Crippen LogP contribution >= 0.6 is 11.6 Å². The number of rotatable bonds is 4. The number of benzene rings is 2. The van der Waals surface area contributed by atoms with Gasteiger partial charge in [-0.2, -0.15) is 5.10 Å². The number of hydrogen-bond acceptors (Lipinski definition) is 3. The van der Waals surface area contributed by atoms with E-state index in [1.807, 2.05) is 12.1 Å². The standard InChI is InChI=1S/C17H11ClF2N3O/c18-14-4-2-1-3-12(14)16-17(24-16,8-23-10-21-9-22-23)13-6-5-11(19)7-15(13)20/h1-7,9,16H,8H2/t16-,17+/m0/s1. The van der Waals surface area contributed by atoms with Crippen molar-refractivity contribution in [3.8, 4) is 0 Å². The Morgan fingerprint density at radius 3 is 2.79 bits per heavy atom. The molecule has 1 saturated heterocycles. The maximum atomic E-state index is 14.4. The highest BCUT2D eigenvalue weighted by Gasteiger charge is 2.60. The molecule has 2 atom stereocenters. The van der Waals surface area contributed by atoms with E-state index in [4.69, 9.17) is 16.3 Å². The molecule has 121 valence electrons. The molecule has 1 aliphatic rings. The fraction of sp³-hybridized carbons (Fsp3) is 0.176. The van der Waals surface area contributed by atoms with Crippen LogP contribution in [0.15, 0.2) is 48.8 Å². The summed E-state index contributed by atoms with van der Waals surface area (Å²) in [6, 6.07) is 10.6. The van der Waals surface area contributed by atoms with Crippen molar-refractivity contribution in [2.45, 2.75) is 18.2 Å². The second kappa shape index (κ2) is 5.65. The minimum atomic E-state index is -1.03. The summed E-state index contributed by atoms with van der Waals surface area (Å²) >= 11 is 6.24. The van der Waals surface area contributed by atoms with Crippen LogP contribution < -0.4 is 0 Å². The van der Waals surface area contributed by atoms with Gasteiger partial charge < -0.3 is 4.74 Å². The molecule has 0 bridgehead atoms. The Morgan fingerprint density at radius 2 is 2.08 bits per heavy atom. The van der Waals surface area contributed by atoms with Gasteiger partial charge in [-0.25, -0.2) is 18.4 Å². The zero-order valence-electron chi connectivity index (χ0n) is 12.3. The first-order chi connectivity index (χ1) is 11.6. The first-order valence-electron chi connectivity index (χ1n) is 7.23. The monoisotopic (exact) mass is 346 g/mol. The molecule has 2 heterocycles. The summed E-state index contributed by atoms with van der Waals surface area (Å²) in [5.41, 5.74) is -0.0480. The van der Waals surface area contributed by atoms with Gasteiger partial charge in [-0.3, -0.25) is 0 Å². The zero-order chi connectivity index (χ0) is 16.7. The summed E-state index contributed by atoms with van der Waals surface area (Å²) in [4.78, 5) is 3.77. The molecule has 4 rings (SSSR count). The van der Waals surface area contributed by atoms with Gasteiger partial charge in [0.1, 0.15) is 29.7 Å². The van der Waals surface area contributed by atoms with E-state index in [0.717, 1.165) is 11.6 Å². The average Bonchev–Trinajstić information content (AvgIpc) is 3.01. The third-order valence-electron chi connectivity index (χ3n) is 4.08. The van der Waals surface area contributed by atoms with E-state index in [0.29, 0.717) is 5.02 Å². The molecule has 0 spiro atoms. The number of ether oxygens (including phenoxy) is 1. The minimum absolute atomic E-state index is 0.186. The normalized spacial score (nSPS) is 22.5. The van der Waals surface area contributed by atoms with E-state index in [9.17, 15) is 8.78 Å². The van der Waals surface area contributed by atoms with E-state index < -0.39 is 23.3 Å². The third-order valence-corrected chi connectivity index (χ3v) is 4.42. The fourth-order valence-electron chi connectivity index (χ4n) is 2.93. The van der Waals surface area contributed by atoms with Crippen LogP contribution in [0.4, 0.5) is 8.78 Å². The highest BCUT2D eigenvalue weighted by atomic mass is 35.5. The van der Waals surface area contributed by atoms with Crippen molar-refractivity contribution in [3.05, 3.63) is 82.9 Å². The molecule has 7 heteroatoms. The highest BCUT2D eigenvalue weighted by molar-refractivity contribution is 6.31. The maximum absolute atomic E-state index is 14.4. The molecule has 24 heavy (non-hydrogen) atoms. The van der Waals surface area contributed by atoms with Crippen molar-refractivity contribution in [3.63, 3.8) is 0 Å². The van der Waals surface area contributed by atoms with E-state index >= 15 is 0 Å². The molecular weight excluding hydrogens is 336 g/mol. The van der Waals surface area contributed by atoms with Crippen LogP contribution in [0, 0.1) is 18.0 Å². The van der Waals surface area contributed by atoms with Gasteiger partial charge in [0.25, 0.3) is 0 Å². The van der Waals surface area contributed by atoms with Gasteiger partial charge in [-0.05, 0) is 12.1 Å². The lowest BCUT2D eigenvalue weighted by atomic mass is 9.91. The van der Waals surface area contributed by atoms with Gasteiger partial charge in [0.2, 0.25) is 0 Å². The number of nitrogens with zero attached hydrogens (tertiary/aromatic N) is 3. The number of hydrogen-bond donors (Lipinski definition) is 0. The van der Waals surface area contributed by atoms with Gasteiger partial charge in [-0.1, -0.05) is 35.9 Å². The maximum Gasteiger partial charge on any atom is 0.196 e. The molecule has 0 N–H and O–H groups in total. The predicted octanol–water partition coefficient (Wildman–Crippen LogP) is 3.68. The summed E-state index contributed by atoms with van der Waals surface area (Å²) in [6.45, 7) is 0.186. The van der Waals surface area contributed by atoms with Crippen LogP contribution in [0.25, 0.3) is 0 Å². The Bertz CT molecular complexity index is 887. The Morgan fingerprint density at radius 1 is 1.25 bits per heavy atom. The fourth-order valence-corrected chi connectivity index (χ4v) is 3.16. The largest absolute Gasteiger partial charge is 0.354 e. The molecule has 1 aliphatic heterocycles.